The van der Waals surface area contributed by atoms with Crippen LogP contribution in [0.3, 0.4) is 0 Å². The van der Waals surface area contributed by atoms with Crippen LogP contribution in [-0.2, 0) is 4.74 Å². The minimum atomic E-state index is 0.724. The van der Waals surface area contributed by atoms with Crippen molar-refractivity contribution in [1.29, 1.82) is 0 Å². The van der Waals surface area contributed by atoms with Crippen LogP contribution in [0.2, 0.25) is 5.02 Å². The highest BCUT2D eigenvalue weighted by Crippen LogP contribution is 2.18. The van der Waals surface area contributed by atoms with Crippen LogP contribution in [0.4, 0.5) is 0 Å². The number of nitrogens with zero attached hydrogens (tertiary/aromatic N) is 4. The van der Waals surface area contributed by atoms with Crippen molar-refractivity contribution in [3.8, 4) is 5.69 Å². The largest absolute Gasteiger partial charge is 0.379 e. The fourth-order valence-electron chi connectivity index (χ4n) is 2.34. The fourth-order valence-corrected chi connectivity index (χ4v) is 3.34. The van der Waals surface area contributed by atoms with Gasteiger partial charge in [-0.25, -0.2) is 9.67 Å². The van der Waals surface area contributed by atoms with Crippen LogP contribution in [0.5, 0.6) is 0 Å². The monoisotopic (exact) mass is 338 g/mol. The molecule has 0 radical (unpaired) electrons. The maximum atomic E-state index is 5.92. The second kappa shape index (κ2) is 7.46. The van der Waals surface area contributed by atoms with E-state index in [1.807, 2.05) is 35.9 Å². The molecule has 0 unspecified atom stereocenters. The zero-order valence-corrected chi connectivity index (χ0v) is 14.1. The average molecular weight is 339 g/mol. The molecule has 1 saturated heterocycles. The number of aryl methyl sites for hydroxylation is 1. The molecule has 2 heterocycles. The van der Waals surface area contributed by atoms with E-state index in [2.05, 4.69) is 15.0 Å². The third kappa shape index (κ3) is 4.01. The summed E-state index contributed by atoms with van der Waals surface area (Å²) in [6.07, 6.45) is 0. The van der Waals surface area contributed by atoms with Gasteiger partial charge in [-0.15, -0.1) is 5.10 Å². The van der Waals surface area contributed by atoms with Crippen LogP contribution in [0, 0.1) is 6.92 Å². The van der Waals surface area contributed by atoms with Crippen LogP contribution >= 0.6 is 23.4 Å². The molecule has 0 saturated carbocycles. The third-order valence-corrected chi connectivity index (χ3v) is 4.63. The summed E-state index contributed by atoms with van der Waals surface area (Å²) in [6.45, 7) is 6.73. The molecule has 1 aromatic heterocycles. The zero-order valence-electron chi connectivity index (χ0n) is 12.5. The standard InChI is InChI=1S/C15H19ClN4OS/c1-12-17-15(22-11-8-19-6-9-21-10-7-19)18-20(12)14-4-2-13(16)3-5-14/h2-5H,6-11H2,1H3. The van der Waals surface area contributed by atoms with Crippen LogP contribution in [0.1, 0.15) is 5.82 Å². The van der Waals surface area contributed by atoms with Crippen molar-refractivity contribution in [1.82, 2.24) is 19.7 Å². The Kier molecular flexibility index (Phi) is 5.36. The first kappa shape index (κ1) is 15.8. The SMILES string of the molecule is Cc1nc(SCCN2CCOCC2)nn1-c1ccc(Cl)cc1. The summed E-state index contributed by atoms with van der Waals surface area (Å²) in [5, 5.41) is 6.12. The zero-order chi connectivity index (χ0) is 15.4. The summed E-state index contributed by atoms with van der Waals surface area (Å²) in [6, 6.07) is 7.63. The van der Waals surface area contributed by atoms with E-state index in [9.17, 15) is 0 Å². The Bertz CT molecular complexity index is 611. The summed E-state index contributed by atoms with van der Waals surface area (Å²) in [5.74, 6) is 1.88. The van der Waals surface area contributed by atoms with Crippen molar-refractivity contribution < 1.29 is 4.74 Å². The molecule has 2 aromatic rings. The summed E-state index contributed by atoms with van der Waals surface area (Å²) in [5.41, 5.74) is 0.981. The van der Waals surface area contributed by atoms with Crippen molar-refractivity contribution in [3.05, 3.63) is 35.1 Å². The van der Waals surface area contributed by atoms with E-state index < -0.39 is 0 Å². The van der Waals surface area contributed by atoms with Crippen LogP contribution in [0.25, 0.3) is 5.69 Å². The number of hydrogen-bond acceptors (Lipinski definition) is 5. The Morgan fingerprint density at radius 2 is 1.95 bits per heavy atom. The van der Waals surface area contributed by atoms with E-state index >= 15 is 0 Å². The van der Waals surface area contributed by atoms with Gasteiger partial charge in [-0.2, -0.15) is 0 Å². The molecule has 1 aliphatic heterocycles. The molecule has 0 spiro atoms. The number of hydrogen-bond donors (Lipinski definition) is 0. The first-order valence-electron chi connectivity index (χ1n) is 7.35. The minimum Gasteiger partial charge on any atom is -0.379 e. The summed E-state index contributed by atoms with van der Waals surface area (Å²) < 4.78 is 7.21. The Morgan fingerprint density at radius 1 is 1.23 bits per heavy atom. The van der Waals surface area contributed by atoms with Gasteiger partial charge in [0, 0.05) is 30.4 Å². The number of morpholine rings is 1. The molecule has 118 valence electrons. The Hall–Kier alpha value is -1.08. The lowest BCUT2D eigenvalue weighted by Crippen LogP contribution is -2.37. The fraction of sp³-hybridized carbons (Fsp3) is 0.467. The third-order valence-electron chi connectivity index (χ3n) is 3.56. The highest BCUT2D eigenvalue weighted by Gasteiger charge is 2.12. The van der Waals surface area contributed by atoms with E-state index in [4.69, 9.17) is 16.3 Å². The lowest BCUT2D eigenvalue weighted by atomic mass is 10.3. The molecule has 1 aliphatic rings. The second-order valence-corrected chi connectivity index (χ2v) is 6.63. The Labute approximate surface area is 139 Å². The lowest BCUT2D eigenvalue weighted by molar-refractivity contribution is 0.0410. The van der Waals surface area contributed by atoms with E-state index in [-0.39, 0.29) is 0 Å². The van der Waals surface area contributed by atoms with E-state index in [0.29, 0.717) is 0 Å². The number of thioether (sulfide) groups is 1. The average Bonchev–Trinajstić information content (AvgIpc) is 2.90. The van der Waals surface area contributed by atoms with Gasteiger partial charge < -0.3 is 4.74 Å². The molecular formula is C15H19ClN4OS. The van der Waals surface area contributed by atoms with Crippen molar-refractivity contribution in [2.24, 2.45) is 0 Å². The Morgan fingerprint density at radius 3 is 2.68 bits per heavy atom. The van der Waals surface area contributed by atoms with Crippen molar-refractivity contribution in [2.75, 3.05) is 38.6 Å². The van der Waals surface area contributed by atoms with Gasteiger partial charge in [-0.1, -0.05) is 23.4 Å². The first-order chi connectivity index (χ1) is 10.7. The van der Waals surface area contributed by atoms with Gasteiger partial charge in [0.2, 0.25) is 5.16 Å². The van der Waals surface area contributed by atoms with Crippen LogP contribution in [-0.4, -0.2) is 58.3 Å². The van der Waals surface area contributed by atoms with Gasteiger partial charge in [-0.05, 0) is 31.2 Å². The van der Waals surface area contributed by atoms with Gasteiger partial charge >= 0.3 is 0 Å². The molecule has 7 heteroatoms. The van der Waals surface area contributed by atoms with Crippen molar-refractivity contribution >= 4 is 23.4 Å². The van der Waals surface area contributed by atoms with E-state index in [0.717, 1.165) is 60.3 Å². The molecule has 0 aliphatic carbocycles. The topological polar surface area (TPSA) is 43.2 Å². The molecule has 22 heavy (non-hydrogen) atoms. The molecular weight excluding hydrogens is 320 g/mol. The van der Waals surface area contributed by atoms with Gasteiger partial charge in [0.25, 0.3) is 0 Å². The van der Waals surface area contributed by atoms with Gasteiger partial charge in [-0.3, -0.25) is 4.90 Å². The van der Waals surface area contributed by atoms with E-state index in [1.54, 1.807) is 11.8 Å². The minimum absolute atomic E-state index is 0.724. The molecule has 5 nitrogen and oxygen atoms in total. The first-order valence-corrected chi connectivity index (χ1v) is 8.71. The summed E-state index contributed by atoms with van der Waals surface area (Å²) >= 11 is 7.62. The lowest BCUT2D eigenvalue weighted by Gasteiger charge is -2.25. The number of rotatable bonds is 5. The molecule has 0 N–H and O–H groups in total. The predicted molar refractivity (Wildman–Crippen MR) is 89.1 cm³/mol. The molecule has 3 rings (SSSR count). The summed E-state index contributed by atoms with van der Waals surface area (Å²) in [4.78, 5) is 6.95. The molecule has 1 aromatic carbocycles. The highest BCUT2D eigenvalue weighted by atomic mass is 35.5. The molecule has 0 bridgehead atoms. The maximum absolute atomic E-state index is 5.92. The van der Waals surface area contributed by atoms with Gasteiger partial charge in [0.05, 0.1) is 18.9 Å². The Balaban J connectivity index is 1.58. The summed E-state index contributed by atoms with van der Waals surface area (Å²) in [7, 11) is 0. The van der Waals surface area contributed by atoms with Crippen LogP contribution in [0.15, 0.2) is 29.4 Å². The number of benzene rings is 1. The number of aromatic nitrogens is 3. The molecule has 1 fully saturated rings. The van der Waals surface area contributed by atoms with Crippen molar-refractivity contribution in [2.45, 2.75) is 12.1 Å². The van der Waals surface area contributed by atoms with Crippen LogP contribution < -0.4 is 0 Å². The molecule has 0 amide bonds. The molecule has 0 atom stereocenters. The highest BCUT2D eigenvalue weighted by molar-refractivity contribution is 7.99. The maximum Gasteiger partial charge on any atom is 0.209 e. The second-order valence-electron chi connectivity index (χ2n) is 5.13. The predicted octanol–water partition coefficient (Wildman–Crippen LogP) is 2.65. The number of ether oxygens (including phenoxy) is 1. The quantitative estimate of drug-likeness (QED) is 0.784. The normalized spacial score (nSPS) is 16.1. The smallest absolute Gasteiger partial charge is 0.209 e. The van der Waals surface area contributed by atoms with Gasteiger partial charge in [0.15, 0.2) is 0 Å². The van der Waals surface area contributed by atoms with Gasteiger partial charge in [0.1, 0.15) is 5.82 Å². The number of halogens is 1. The van der Waals surface area contributed by atoms with E-state index in [1.165, 1.54) is 0 Å². The van der Waals surface area contributed by atoms with Crippen molar-refractivity contribution in [3.63, 3.8) is 0 Å².